The second kappa shape index (κ2) is 11.0. The molecule has 1 saturated heterocycles. The summed E-state index contributed by atoms with van der Waals surface area (Å²) in [5.41, 5.74) is 3.36. The Morgan fingerprint density at radius 1 is 1.08 bits per heavy atom. The predicted molar refractivity (Wildman–Crippen MR) is 148 cm³/mol. The zero-order chi connectivity index (χ0) is 26.0. The second-order valence-corrected chi connectivity index (χ2v) is 10.7. The maximum Gasteiger partial charge on any atom is 0.322 e. The van der Waals surface area contributed by atoms with Crippen LogP contribution in [-0.2, 0) is 12.0 Å². The minimum absolute atomic E-state index is 0.186. The molecule has 2 amide bonds. The molecule has 0 radical (unpaired) electrons. The molecule has 0 atom stereocenters. The molecule has 1 spiro atoms. The smallest absolute Gasteiger partial charge is 0.322 e. The molecule has 0 bridgehead atoms. The molecule has 0 saturated carbocycles. The number of nitrogens with one attached hydrogen (secondary N) is 1. The number of likely N-dealkylation sites (tertiary alicyclic amines) is 1. The number of nitrogens with zero attached hydrogens (tertiary/aromatic N) is 3. The molecule has 2 aromatic carbocycles. The monoisotopic (exact) mass is 558 g/mol. The van der Waals surface area contributed by atoms with Crippen LogP contribution in [-0.4, -0.2) is 42.1 Å². The SMILES string of the molecule is O=C(NCc1ccnc(Cl)c1)N1CC2(CCN(C/C=C/c3ccc(F)cc3)CC2)c2c1ccc(Cl)c2Cl. The molecule has 3 aromatic rings. The first-order chi connectivity index (χ1) is 17.8. The fourth-order valence-corrected chi connectivity index (χ4v) is 5.94. The van der Waals surface area contributed by atoms with Gasteiger partial charge in [-0.15, -0.1) is 0 Å². The Kier molecular flexibility index (Phi) is 7.72. The Bertz CT molecular complexity index is 1320. The van der Waals surface area contributed by atoms with Crippen LogP contribution in [0.5, 0.6) is 0 Å². The third-order valence-electron chi connectivity index (χ3n) is 7.19. The van der Waals surface area contributed by atoms with Gasteiger partial charge in [-0.1, -0.05) is 59.1 Å². The third-order valence-corrected chi connectivity index (χ3v) is 8.20. The number of benzene rings is 2. The van der Waals surface area contributed by atoms with E-state index in [2.05, 4.69) is 21.3 Å². The number of pyridine rings is 1. The van der Waals surface area contributed by atoms with E-state index < -0.39 is 0 Å². The molecular weight excluding hydrogens is 534 g/mol. The summed E-state index contributed by atoms with van der Waals surface area (Å²) in [7, 11) is 0. The van der Waals surface area contributed by atoms with Crippen molar-refractivity contribution >= 4 is 52.6 Å². The number of urea groups is 1. The number of amides is 2. The minimum Gasteiger partial charge on any atom is -0.334 e. The van der Waals surface area contributed by atoms with Crippen LogP contribution in [0.1, 0.15) is 29.5 Å². The number of rotatable bonds is 5. The summed E-state index contributed by atoms with van der Waals surface area (Å²) in [6, 6.07) is 13.5. The first-order valence-corrected chi connectivity index (χ1v) is 13.3. The zero-order valence-electron chi connectivity index (χ0n) is 20.1. The van der Waals surface area contributed by atoms with Gasteiger partial charge in [-0.05, 0) is 73.5 Å². The molecule has 1 fully saturated rings. The van der Waals surface area contributed by atoms with Gasteiger partial charge >= 0.3 is 6.03 Å². The summed E-state index contributed by atoms with van der Waals surface area (Å²) in [5, 5.41) is 4.42. The summed E-state index contributed by atoms with van der Waals surface area (Å²) in [6.45, 7) is 3.41. The number of piperidine rings is 1. The van der Waals surface area contributed by atoms with Gasteiger partial charge in [0.1, 0.15) is 11.0 Å². The van der Waals surface area contributed by atoms with Crippen LogP contribution >= 0.6 is 34.8 Å². The number of hydrogen-bond acceptors (Lipinski definition) is 3. The highest BCUT2D eigenvalue weighted by molar-refractivity contribution is 6.43. The number of carbonyl (C=O) groups is 1. The van der Waals surface area contributed by atoms with E-state index in [-0.39, 0.29) is 17.3 Å². The van der Waals surface area contributed by atoms with E-state index in [1.54, 1.807) is 35.4 Å². The summed E-state index contributed by atoms with van der Waals surface area (Å²) in [6.07, 6.45) is 7.44. The molecule has 1 aromatic heterocycles. The standard InChI is InChI=1S/C28H26Cl3FN4O/c29-22-7-8-23-25(26(22)31)28(18-36(23)27(37)34-17-20-9-12-33-24(30)16-20)10-14-35(15-11-28)13-1-2-19-3-5-21(32)6-4-19/h1-9,12,16H,10-11,13-15,17-18H2,(H,34,37)/b2-1+. The fraction of sp³-hybridized carbons (Fsp3) is 0.286. The maximum atomic E-state index is 13.3. The Labute approximate surface area is 230 Å². The van der Waals surface area contributed by atoms with E-state index in [4.69, 9.17) is 34.8 Å². The molecule has 2 aliphatic rings. The molecule has 3 heterocycles. The fourth-order valence-electron chi connectivity index (χ4n) is 5.23. The number of hydrogen-bond donors (Lipinski definition) is 1. The Morgan fingerprint density at radius 2 is 1.84 bits per heavy atom. The number of carbonyl (C=O) groups excluding carboxylic acids is 1. The average Bonchev–Trinajstić information content (AvgIpc) is 3.21. The highest BCUT2D eigenvalue weighted by Crippen LogP contribution is 2.51. The Hall–Kier alpha value is -2.64. The van der Waals surface area contributed by atoms with Crippen LogP contribution in [0.2, 0.25) is 15.2 Å². The molecule has 0 aliphatic carbocycles. The van der Waals surface area contributed by atoms with E-state index in [0.717, 1.165) is 54.9 Å². The number of anilines is 1. The summed E-state index contributed by atoms with van der Waals surface area (Å²) in [4.78, 5) is 21.4. The molecule has 192 valence electrons. The van der Waals surface area contributed by atoms with Crippen molar-refractivity contribution in [2.24, 2.45) is 0 Å². The normalized spacial score (nSPS) is 16.9. The lowest BCUT2D eigenvalue weighted by Crippen LogP contribution is -2.47. The van der Waals surface area contributed by atoms with Crippen molar-refractivity contribution in [1.29, 1.82) is 0 Å². The molecular formula is C28H26Cl3FN4O. The zero-order valence-corrected chi connectivity index (χ0v) is 22.3. The van der Waals surface area contributed by atoms with Crippen molar-refractivity contribution < 1.29 is 9.18 Å². The average molecular weight is 560 g/mol. The lowest BCUT2D eigenvalue weighted by atomic mass is 9.74. The highest BCUT2D eigenvalue weighted by Gasteiger charge is 2.48. The summed E-state index contributed by atoms with van der Waals surface area (Å²) >= 11 is 19.2. The lowest BCUT2D eigenvalue weighted by molar-refractivity contribution is 0.180. The molecule has 9 heteroatoms. The number of halogens is 4. The van der Waals surface area contributed by atoms with E-state index >= 15 is 0 Å². The van der Waals surface area contributed by atoms with Gasteiger partial charge in [0.25, 0.3) is 0 Å². The maximum absolute atomic E-state index is 13.3. The Morgan fingerprint density at radius 3 is 2.57 bits per heavy atom. The van der Waals surface area contributed by atoms with Crippen LogP contribution in [0, 0.1) is 5.82 Å². The molecule has 5 rings (SSSR count). The quantitative estimate of drug-likeness (QED) is 0.344. The van der Waals surface area contributed by atoms with Gasteiger partial charge in [0.2, 0.25) is 0 Å². The molecule has 0 unspecified atom stereocenters. The van der Waals surface area contributed by atoms with Crippen LogP contribution in [0.3, 0.4) is 0 Å². The van der Waals surface area contributed by atoms with Crippen molar-refractivity contribution in [1.82, 2.24) is 15.2 Å². The summed E-state index contributed by atoms with van der Waals surface area (Å²) in [5.74, 6) is -0.237. The summed E-state index contributed by atoms with van der Waals surface area (Å²) < 4.78 is 13.1. The second-order valence-electron chi connectivity index (χ2n) is 9.52. The van der Waals surface area contributed by atoms with Crippen molar-refractivity contribution in [2.75, 3.05) is 31.1 Å². The number of fused-ring (bicyclic) bond motifs is 2. The first-order valence-electron chi connectivity index (χ1n) is 12.1. The van der Waals surface area contributed by atoms with Crippen molar-refractivity contribution in [3.63, 3.8) is 0 Å². The van der Waals surface area contributed by atoms with Crippen molar-refractivity contribution in [3.05, 3.63) is 98.5 Å². The molecule has 37 heavy (non-hydrogen) atoms. The minimum atomic E-state index is -0.258. The van der Waals surface area contributed by atoms with Gasteiger partial charge in [0.15, 0.2) is 0 Å². The van der Waals surface area contributed by atoms with Gasteiger partial charge in [-0.2, -0.15) is 0 Å². The molecule has 5 nitrogen and oxygen atoms in total. The first kappa shape index (κ1) is 26.0. The van der Waals surface area contributed by atoms with Gasteiger partial charge in [-0.3, -0.25) is 9.80 Å². The van der Waals surface area contributed by atoms with Crippen LogP contribution < -0.4 is 10.2 Å². The molecule has 2 aliphatic heterocycles. The Balaban J connectivity index is 1.28. The topological polar surface area (TPSA) is 48.5 Å². The van der Waals surface area contributed by atoms with E-state index in [1.807, 2.05) is 18.2 Å². The highest BCUT2D eigenvalue weighted by atomic mass is 35.5. The van der Waals surface area contributed by atoms with Gasteiger partial charge < -0.3 is 5.32 Å². The van der Waals surface area contributed by atoms with Gasteiger partial charge in [0, 0.05) is 36.8 Å². The van der Waals surface area contributed by atoms with E-state index in [1.165, 1.54) is 12.1 Å². The van der Waals surface area contributed by atoms with Crippen LogP contribution in [0.15, 0.2) is 60.8 Å². The van der Waals surface area contributed by atoms with Crippen LogP contribution in [0.4, 0.5) is 14.9 Å². The van der Waals surface area contributed by atoms with Crippen LogP contribution in [0.25, 0.3) is 6.08 Å². The van der Waals surface area contributed by atoms with Gasteiger partial charge in [0.05, 0.1) is 15.7 Å². The molecule has 1 N–H and O–H groups in total. The van der Waals surface area contributed by atoms with Crippen molar-refractivity contribution in [2.45, 2.75) is 24.8 Å². The third kappa shape index (κ3) is 5.63. The van der Waals surface area contributed by atoms with E-state index in [9.17, 15) is 9.18 Å². The van der Waals surface area contributed by atoms with Crippen molar-refractivity contribution in [3.8, 4) is 0 Å². The largest absolute Gasteiger partial charge is 0.334 e. The predicted octanol–water partition coefficient (Wildman–Crippen LogP) is 6.96. The number of aromatic nitrogens is 1. The lowest BCUT2D eigenvalue weighted by Gasteiger charge is -2.39. The van der Waals surface area contributed by atoms with Gasteiger partial charge in [-0.25, -0.2) is 14.2 Å². The van der Waals surface area contributed by atoms with E-state index in [0.29, 0.717) is 28.3 Å².